The van der Waals surface area contributed by atoms with Crippen LogP contribution in [0.4, 0.5) is 0 Å². The first-order chi connectivity index (χ1) is 16.3. The number of ether oxygens (including phenoxy) is 1. The lowest BCUT2D eigenvalue weighted by Crippen LogP contribution is -2.00. The third kappa shape index (κ3) is 11.1. The van der Waals surface area contributed by atoms with Gasteiger partial charge >= 0.3 is 0 Å². The van der Waals surface area contributed by atoms with E-state index >= 15 is 0 Å². The number of hydrogen-bond donors (Lipinski definition) is 1. The Morgan fingerprint density at radius 2 is 1.09 bits per heavy atom. The Morgan fingerprint density at radius 1 is 0.576 bits per heavy atom. The molecule has 0 aliphatic carbocycles. The predicted molar refractivity (Wildman–Crippen MR) is 143 cm³/mol. The molecule has 184 valence electrons. The van der Waals surface area contributed by atoms with Crippen molar-refractivity contribution in [2.75, 3.05) is 0 Å². The molecule has 0 bridgehead atoms. The highest BCUT2D eigenvalue weighted by Gasteiger charge is 2.15. The second-order valence-corrected chi connectivity index (χ2v) is 9.56. The Bertz CT molecular complexity index is 738. The van der Waals surface area contributed by atoms with Crippen LogP contribution < -0.4 is 4.74 Å². The minimum atomic E-state index is 0.260. The molecule has 2 heteroatoms. The van der Waals surface area contributed by atoms with Gasteiger partial charge in [-0.2, -0.15) is 0 Å². The maximum atomic E-state index is 10.7. The van der Waals surface area contributed by atoms with Gasteiger partial charge < -0.3 is 9.84 Å². The monoisotopic (exact) mass is 452 g/mol. The maximum Gasteiger partial charge on any atom is 0.172 e. The minimum absolute atomic E-state index is 0.260. The van der Waals surface area contributed by atoms with Gasteiger partial charge in [-0.15, -0.1) is 0 Å². The molecule has 2 nitrogen and oxygen atoms in total. The van der Waals surface area contributed by atoms with Crippen LogP contribution in [0.15, 0.2) is 42.5 Å². The van der Waals surface area contributed by atoms with Crippen molar-refractivity contribution in [3.8, 4) is 17.2 Å². The summed E-state index contributed by atoms with van der Waals surface area (Å²) in [6, 6.07) is 13.8. The number of phenolic OH excluding ortho intramolecular Hbond substituents is 1. The van der Waals surface area contributed by atoms with Crippen LogP contribution in [0.25, 0.3) is 0 Å². The van der Waals surface area contributed by atoms with E-state index < -0.39 is 0 Å². The van der Waals surface area contributed by atoms with Crippen LogP contribution in [0.3, 0.4) is 0 Å². The molecule has 2 aromatic carbocycles. The summed E-state index contributed by atoms with van der Waals surface area (Å²) in [6.45, 7) is 4.54. The first-order valence-electron chi connectivity index (χ1n) is 13.8. The van der Waals surface area contributed by atoms with Crippen molar-refractivity contribution < 1.29 is 9.84 Å². The molecule has 0 heterocycles. The number of hydrogen-bond acceptors (Lipinski definition) is 2. The van der Waals surface area contributed by atoms with Gasteiger partial charge in [-0.3, -0.25) is 0 Å². The molecular weight excluding hydrogens is 404 g/mol. The van der Waals surface area contributed by atoms with E-state index in [9.17, 15) is 5.11 Å². The summed E-state index contributed by atoms with van der Waals surface area (Å²) in [7, 11) is 0. The van der Waals surface area contributed by atoms with Gasteiger partial charge in [0.2, 0.25) is 0 Å². The fraction of sp³-hybridized carbons (Fsp3) is 0.613. The maximum absolute atomic E-state index is 10.7. The molecular formula is C31H48O2. The molecule has 0 aliphatic heterocycles. The van der Waals surface area contributed by atoms with Crippen molar-refractivity contribution in [3.05, 3.63) is 53.6 Å². The van der Waals surface area contributed by atoms with Gasteiger partial charge in [0.15, 0.2) is 11.5 Å². The van der Waals surface area contributed by atoms with Crippen LogP contribution >= 0.6 is 0 Å². The van der Waals surface area contributed by atoms with E-state index in [1.54, 1.807) is 0 Å². The Kier molecular flexibility index (Phi) is 14.5. The molecule has 2 aromatic rings. The van der Waals surface area contributed by atoms with Crippen molar-refractivity contribution in [1.29, 1.82) is 0 Å². The van der Waals surface area contributed by atoms with Crippen LogP contribution in [0, 0.1) is 0 Å². The molecule has 0 unspecified atom stereocenters. The zero-order valence-electron chi connectivity index (χ0n) is 21.4. The fourth-order valence-electron chi connectivity index (χ4n) is 4.59. The van der Waals surface area contributed by atoms with E-state index in [1.807, 2.05) is 36.4 Å². The molecule has 2 rings (SSSR count). The summed E-state index contributed by atoms with van der Waals surface area (Å²) in [6.07, 6.45) is 21.8. The van der Waals surface area contributed by atoms with Crippen molar-refractivity contribution in [3.63, 3.8) is 0 Å². The minimum Gasteiger partial charge on any atom is -0.504 e. The van der Waals surface area contributed by atoms with Crippen molar-refractivity contribution in [2.24, 2.45) is 0 Å². The standard InChI is InChI=1S/C31H48O2/c1-3-5-7-9-10-11-12-13-15-20-24-29-27(21-17-14-8-6-4-2)25-26-30(32)31(29)33-28-22-18-16-19-23-28/h16,18-19,22-23,25-26,32H,3-15,17,20-21,24H2,1-2H3. The van der Waals surface area contributed by atoms with Gasteiger partial charge in [0.1, 0.15) is 5.75 Å². The summed E-state index contributed by atoms with van der Waals surface area (Å²) in [5, 5.41) is 10.7. The molecule has 0 amide bonds. The summed E-state index contributed by atoms with van der Waals surface area (Å²) < 4.78 is 6.22. The second kappa shape index (κ2) is 17.5. The Morgan fingerprint density at radius 3 is 1.67 bits per heavy atom. The molecule has 1 N–H and O–H groups in total. The largest absolute Gasteiger partial charge is 0.504 e. The molecule has 0 fully saturated rings. The number of aromatic hydroxyl groups is 1. The lowest BCUT2D eigenvalue weighted by Gasteiger charge is -2.17. The lowest BCUT2D eigenvalue weighted by atomic mass is 9.95. The van der Waals surface area contributed by atoms with Crippen molar-refractivity contribution in [2.45, 2.75) is 123 Å². The molecule has 0 aromatic heterocycles. The Balaban J connectivity index is 1.92. The second-order valence-electron chi connectivity index (χ2n) is 9.56. The van der Waals surface area contributed by atoms with E-state index in [1.165, 1.54) is 101 Å². The van der Waals surface area contributed by atoms with Crippen LogP contribution in [-0.4, -0.2) is 5.11 Å². The van der Waals surface area contributed by atoms with Crippen LogP contribution in [0.2, 0.25) is 0 Å². The highest BCUT2D eigenvalue weighted by Crippen LogP contribution is 2.38. The lowest BCUT2D eigenvalue weighted by molar-refractivity contribution is 0.405. The normalized spacial score (nSPS) is 11.1. The molecule has 0 aliphatic rings. The van der Waals surface area contributed by atoms with E-state index in [0.717, 1.165) is 25.0 Å². The van der Waals surface area contributed by atoms with Gasteiger partial charge in [-0.1, -0.05) is 122 Å². The van der Waals surface area contributed by atoms with E-state index in [2.05, 4.69) is 19.9 Å². The number of unbranched alkanes of at least 4 members (excludes halogenated alkanes) is 13. The van der Waals surface area contributed by atoms with E-state index in [-0.39, 0.29) is 5.75 Å². The molecule has 0 saturated heterocycles. The summed E-state index contributed by atoms with van der Waals surface area (Å²) in [4.78, 5) is 0. The Labute approximate surface area is 203 Å². The molecule has 0 atom stereocenters. The topological polar surface area (TPSA) is 29.5 Å². The average molecular weight is 453 g/mol. The quantitative estimate of drug-likeness (QED) is 0.215. The van der Waals surface area contributed by atoms with Crippen molar-refractivity contribution >= 4 is 0 Å². The van der Waals surface area contributed by atoms with Crippen LogP contribution in [0.1, 0.15) is 121 Å². The summed E-state index contributed by atoms with van der Waals surface area (Å²) >= 11 is 0. The van der Waals surface area contributed by atoms with E-state index in [0.29, 0.717) is 5.75 Å². The first kappa shape index (κ1) is 27.3. The van der Waals surface area contributed by atoms with Crippen LogP contribution in [-0.2, 0) is 12.8 Å². The first-order valence-corrected chi connectivity index (χ1v) is 13.8. The Hall–Kier alpha value is -1.96. The zero-order valence-corrected chi connectivity index (χ0v) is 21.4. The number of aryl methyl sites for hydroxylation is 1. The van der Waals surface area contributed by atoms with Gasteiger partial charge in [-0.25, -0.2) is 0 Å². The molecule has 0 spiro atoms. The van der Waals surface area contributed by atoms with Gasteiger partial charge in [0.05, 0.1) is 0 Å². The number of benzene rings is 2. The number of para-hydroxylation sites is 1. The third-order valence-corrected chi connectivity index (χ3v) is 6.63. The zero-order chi connectivity index (χ0) is 23.6. The smallest absolute Gasteiger partial charge is 0.172 e. The third-order valence-electron chi connectivity index (χ3n) is 6.63. The average Bonchev–Trinajstić information content (AvgIpc) is 2.83. The van der Waals surface area contributed by atoms with Gasteiger partial charge in [-0.05, 0) is 49.4 Å². The van der Waals surface area contributed by atoms with Crippen LogP contribution in [0.5, 0.6) is 17.2 Å². The number of phenols is 1. The SMILES string of the molecule is CCCCCCCCCCCCc1c(CCCCCCC)ccc(O)c1Oc1ccccc1. The van der Waals surface area contributed by atoms with Gasteiger partial charge in [0, 0.05) is 5.56 Å². The molecule has 0 saturated carbocycles. The predicted octanol–water partition coefficient (Wildman–Crippen LogP) is 10.2. The molecule has 33 heavy (non-hydrogen) atoms. The molecule has 0 radical (unpaired) electrons. The van der Waals surface area contributed by atoms with E-state index in [4.69, 9.17) is 4.74 Å². The fourth-order valence-corrected chi connectivity index (χ4v) is 4.59. The van der Waals surface area contributed by atoms with Crippen molar-refractivity contribution in [1.82, 2.24) is 0 Å². The van der Waals surface area contributed by atoms with Gasteiger partial charge in [0.25, 0.3) is 0 Å². The highest BCUT2D eigenvalue weighted by molar-refractivity contribution is 5.52. The highest BCUT2D eigenvalue weighted by atomic mass is 16.5. The summed E-state index contributed by atoms with van der Waals surface area (Å²) in [5.41, 5.74) is 2.57. The number of rotatable bonds is 19. The summed E-state index contributed by atoms with van der Waals surface area (Å²) in [5.74, 6) is 1.72.